The molecule has 2 saturated heterocycles. The Hall–Kier alpha value is -1.67. The van der Waals surface area contributed by atoms with Gasteiger partial charge < -0.3 is 19.1 Å². The Morgan fingerprint density at radius 1 is 1.15 bits per heavy atom. The third-order valence-corrected chi connectivity index (χ3v) is 5.90. The van der Waals surface area contributed by atoms with E-state index >= 15 is 0 Å². The average molecular weight is 391 g/mol. The van der Waals surface area contributed by atoms with Crippen LogP contribution in [0.1, 0.15) is 12.8 Å². The van der Waals surface area contributed by atoms with E-state index in [0.717, 1.165) is 56.5 Å². The lowest BCUT2D eigenvalue weighted by Gasteiger charge is -2.29. The first-order valence-corrected chi connectivity index (χ1v) is 9.85. The van der Waals surface area contributed by atoms with Gasteiger partial charge >= 0.3 is 0 Å². The van der Waals surface area contributed by atoms with E-state index in [1.807, 2.05) is 18.3 Å². The fourth-order valence-corrected chi connectivity index (χ4v) is 3.87. The molecule has 0 N–H and O–H groups in total. The molecule has 1 aliphatic carbocycles. The maximum Gasteiger partial charge on any atom is 0.177 e. The standard InChI is InChI=1S/C19H23ClN4O3/c20-16-9-14(23-5-7-25-8-6-23)1-2-15(16)17-10-24(22-21-17)11-18-26-12-19(3-4-19)13-27-18/h1-2,9-10,18H,3-8,11-13H2. The molecule has 1 aromatic heterocycles. The molecule has 0 atom stereocenters. The van der Waals surface area contributed by atoms with Crippen LogP contribution in [0.25, 0.3) is 11.3 Å². The van der Waals surface area contributed by atoms with Gasteiger partial charge in [-0.15, -0.1) is 5.10 Å². The van der Waals surface area contributed by atoms with Gasteiger partial charge in [0.1, 0.15) is 5.69 Å². The zero-order valence-corrected chi connectivity index (χ0v) is 15.9. The van der Waals surface area contributed by atoms with Crippen LogP contribution in [0.5, 0.6) is 0 Å². The predicted molar refractivity (Wildman–Crippen MR) is 101 cm³/mol. The molecule has 1 aromatic carbocycles. The fraction of sp³-hybridized carbons (Fsp3) is 0.579. The summed E-state index contributed by atoms with van der Waals surface area (Å²) >= 11 is 6.54. The minimum absolute atomic E-state index is 0.259. The predicted octanol–water partition coefficient (Wildman–Crippen LogP) is 2.59. The first kappa shape index (κ1) is 17.4. The highest BCUT2D eigenvalue weighted by atomic mass is 35.5. The molecular weight excluding hydrogens is 368 g/mol. The van der Waals surface area contributed by atoms with E-state index in [1.54, 1.807) is 4.68 Å². The lowest BCUT2D eigenvalue weighted by molar-refractivity contribution is -0.213. The molecular formula is C19H23ClN4O3. The monoisotopic (exact) mass is 390 g/mol. The Kier molecular flexibility index (Phi) is 4.55. The number of benzene rings is 1. The third-order valence-electron chi connectivity index (χ3n) is 5.59. The first-order chi connectivity index (χ1) is 13.2. The second kappa shape index (κ2) is 7.05. The second-order valence-electron chi connectivity index (χ2n) is 7.64. The van der Waals surface area contributed by atoms with Crippen molar-refractivity contribution in [2.24, 2.45) is 5.41 Å². The Labute approximate surface area is 163 Å². The van der Waals surface area contributed by atoms with Crippen molar-refractivity contribution >= 4 is 17.3 Å². The number of anilines is 1. The Morgan fingerprint density at radius 3 is 2.63 bits per heavy atom. The van der Waals surface area contributed by atoms with E-state index in [9.17, 15) is 0 Å². The van der Waals surface area contributed by atoms with Crippen molar-refractivity contribution in [2.45, 2.75) is 25.7 Å². The number of hydrogen-bond donors (Lipinski definition) is 0. The van der Waals surface area contributed by atoms with Crippen LogP contribution in [0.4, 0.5) is 5.69 Å². The number of morpholine rings is 1. The lowest BCUT2D eigenvalue weighted by atomic mass is 10.1. The maximum atomic E-state index is 6.54. The molecule has 1 spiro atoms. The summed E-state index contributed by atoms with van der Waals surface area (Å²) < 4.78 is 18.8. The largest absolute Gasteiger partial charge is 0.378 e. The normalized spacial score (nSPS) is 22.3. The number of nitrogens with zero attached hydrogens (tertiary/aromatic N) is 4. The van der Waals surface area contributed by atoms with Gasteiger partial charge in [-0.25, -0.2) is 4.68 Å². The Morgan fingerprint density at radius 2 is 1.93 bits per heavy atom. The SMILES string of the molecule is Clc1cc(N2CCOCC2)ccc1-c1cn(CC2OCC3(CC3)CO2)nn1. The number of ether oxygens (including phenoxy) is 3. The van der Waals surface area contributed by atoms with Crippen LogP contribution < -0.4 is 4.90 Å². The van der Waals surface area contributed by atoms with Crippen molar-refractivity contribution in [1.29, 1.82) is 0 Å². The van der Waals surface area contributed by atoms with Crippen molar-refractivity contribution in [3.8, 4) is 11.3 Å². The van der Waals surface area contributed by atoms with E-state index < -0.39 is 0 Å². The number of aromatic nitrogens is 3. The summed E-state index contributed by atoms with van der Waals surface area (Å²) in [5.74, 6) is 0. The van der Waals surface area contributed by atoms with Crippen molar-refractivity contribution < 1.29 is 14.2 Å². The topological polar surface area (TPSA) is 61.6 Å². The number of halogens is 1. The molecule has 0 bridgehead atoms. The van der Waals surface area contributed by atoms with Gasteiger partial charge in [0.25, 0.3) is 0 Å². The van der Waals surface area contributed by atoms with Crippen LogP contribution in [0.3, 0.4) is 0 Å². The van der Waals surface area contributed by atoms with Gasteiger partial charge in [-0.1, -0.05) is 16.8 Å². The van der Waals surface area contributed by atoms with Crippen LogP contribution in [-0.2, 0) is 20.8 Å². The summed E-state index contributed by atoms with van der Waals surface area (Å²) in [6.45, 7) is 5.37. The van der Waals surface area contributed by atoms with E-state index in [4.69, 9.17) is 25.8 Å². The molecule has 5 rings (SSSR count). The molecule has 0 amide bonds. The average Bonchev–Trinajstić information content (AvgIpc) is 3.30. The van der Waals surface area contributed by atoms with Crippen LogP contribution >= 0.6 is 11.6 Å². The van der Waals surface area contributed by atoms with Gasteiger partial charge in [-0.05, 0) is 31.0 Å². The molecule has 0 radical (unpaired) electrons. The van der Waals surface area contributed by atoms with Gasteiger partial charge in [-0.2, -0.15) is 0 Å². The van der Waals surface area contributed by atoms with Crippen LogP contribution in [-0.4, -0.2) is 60.8 Å². The van der Waals surface area contributed by atoms with Crippen LogP contribution in [0.15, 0.2) is 24.4 Å². The van der Waals surface area contributed by atoms with E-state index in [0.29, 0.717) is 17.0 Å². The minimum atomic E-state index is -0.259. The molecule has 7 nitrogen and oxygen atoms in total. The highest BCUT2D eigenvalue weighted by Gasteiger charge is 2.46. The molecule has 2 aromatic rings. The van der Waals surface area contributed by atoms with Crippen molar-refractivity contribution in [2.75, 3.05) is 44.4 Å². The summed E-state index contributed by atoms with van der Waals surface area (Å²) in [6, 6.07) is 6.07. The number of hydrogen-bond acceptors (Lipinski definition) is 6. The summed E-state index contributed by atoms with van der Waals surface area (Å²) in [6.07, 6.45) is 4.06. The molecule has 3 fully saturated rings. The maximum absolute atomic E-state index is 6.54. The zero-order chi connectivity index (χ0) is 18.3. The van der Waals surface area contributed by atoms with Crippen molar-refractivity contribution in [3.05, 3.63) is 29.4 Å². The summed E-state index contributed by atoms with van der Waals surface area (Å²) in [7, 11) is 0. The highest BCUT2D eigenvalue weighted by molar-refractivity contribution is 6.33. The molecule has 2 aliphatic heterocycles. The van der Waals surface area contributed by atoms with Gasteiger partial charge in [0.05, 0.1) is 44.2 Å². The third kappa shape index (κ3) is 3.69. The zero-order valence-electron chi connectivity index (χ0n) is 15.1. The van der Waals surface area contributed by atoms with Gasteiger partial charge in [-0.3, -0.25) is 0 Å². The Bertz CT molecular complexity index is 807. The minimum Gasteiger partial charge on any atom is -0.378 e. The first-order valence-electron chi connectivity index (χ1n) is 9.47. The highest BCUT2D eigenvalue weighted by Crippen LogP contribution is 2.48. The summed E-state index contributed by atoms with van der Waals surface area (Å²) in [4.78, 5) is 2.28. The Balaban J connectivity index is 1.26. The molecule has 27 heavy (non-hydrogen) atoms. The molecule has 3 heterocycles. The fourth-order valence-electron chi connectivity index (χ4n) is 3.59. The van der Waals surface area contributed by atoms with Gasteiger partial charge in [0.2, 0.25) is 0 Å². The molecule has 1 saturated carbocycles. The summed E-state index contributed by atoms with van der Waals surface area (Å²) in [5, 5.41) is 9.17. The smallest absolute Gasteiger partial charge is 0.177 e. The molecule has 8 heteroatoms. The van der Waals surface area contributed by atoms with E-state index in [2.05, 4.69) is 21.3 Å². The van der Waals surface area contributed by atoms with Crippen molar-refractivity contribution in [3.63, 3.8) is 0 Å². The van der Waals surface area contributed by atoms with Crippen LogP contribution in [0.2, 0.25) is 5.02 Å². The second-order valence-corrected chi connectivity index (χ2v) is 8.05. The van der Waals surface area contributed by atoms with Crippen LogP contribution in [0, 0.1) is 5.41 Å². The molecule has 3 aliphatic rings. The lowest BCUT2D eigenvalue weighted by Crippen LogP contribution is -2.36. The van der Waals surface area contributed by atoms with E-state index in [1.165, 1.54) is 12.8 Å². The van der Waals surface area contributed by atoms with E-state index in [-0.39, 0.29) is 6.29 Å². The van der Waals surface area contributed by atoms with Gasteiger partial charge in [0.15, 0.2) is 6.29 Å². The summed E-state index contributed by atoms with van der Waals surface area (Å²) in [5.41, 5.74) is 3.04. The quantitative estimate of drug-likeness (QED) is 0.799. The van der Waals surface area contributed by atoms with Gasteiger partial charge in [0, 0.05) is 29.8 Å². The molecule has 144 valence electrons. The molecule has 0 unspecified atom stereocenters. The van der Waals surface area contributed by atoms with Crippen molar-refractivity contribution in [1.82, 2.24) is 15.0 Å². The number of rotatable bonds is 4.